The minimum atomic E-state index is -1.47. The summed E-state index contributed by atoms with van der Waals surface area (Å²) in [6.45, 7) is 6.95. The van der Waals surface area contributed by atoms with E-state index in [1.807, 2.05) is 78.9 Å². The number of benzene rings is 3. The van der Waals surface area contributed by atoms with Crippen molar-refractivity contribution < 1.29 is 20.1 Å². The van der Waals surface area contributed by atoms with Crippen molar-refractivity contribution in [2.45, 2.75) is 0 Å². The molecule has 25 nitrogen and oxygen atoms in total. The van der Waals surface area contributed by atoms with Crippen molar-refractivity contribution in [3.63, 3.8) is 0 Å². The van der Waals surface area contributed by atoms with Gasteiger partial charge in [-0.3, -0.25) is 20.8 Å². The van der Waals surface area contributed by atoms with Crippen LogP contribution in [-0.2, 0) is 0 Å². The number of halogens is 3. The topological polar surface area (TPSA) is 435 Å². The summed E-state index contributed by atoms with van der Waals surface area (Å²) < 4.78 is 0.779. The number of nitrogens with two attached hydrogens (primary N) is 2. The zero-order valence-electron chi connectivity index (χ0n) is 46.8. The van der Waals surface area contributed by atoms with E-state index in [0.717, 1.165) is 60.4 Å². The van der Waals surface area contributed by atoms with Crippen molar-refractivity contribution in [1.82, 2.24) is 59.8 Å². The van der Waals surface area contributed by atoms with Gasteiger partial charge < -0.3 is 31.6 Å². The smallest absolute Gasteiger partial charge is 0.423 e. The van der Waals surface area contributed by atoms with Crippen LogP contribution in [0.1, 0.15) is 34.4 Å². The van der Waals surface area contributed by atoms with Gasteiger partial charge in [0.15, 0.2) is 17.3 Å². The Balaban J connectivity index is 0.000000181. The Morgan fingerprint density at radius 2 is 0.780 bits per heavy atom. The van der Waals surface area contributed by atoms with Crippen LogP contribution in [0, 0.1) is 62.7 Å². The van der Waals surface area contributed by atoms with Gasteiger partial charge in [0.2, 0.25) is 17.5 Å². The minimum absolute atomic E-state index is 0.0406. The van der Waals surface area contributed by atoms with E-state index in [1.165, 1.54) is 55.0 Å². The third kappa shape index (κ3) is 21.7. The van der Waals surface area contributed by atoms with E-state index in [2.05, 4.69) is 80.6 Å². The second kappa shape index (κ2) is 35.0. The Bertz CT molecular complexity index is 4240. The molecule has 3 aromatic carbocycles. The first-order chi connectivity index (χ1) is 43.9. The number of nitrogens with zero attached hydrogens (tertiary/aromatic N) is 17. The van der Waals surface area contributed by atoms with Crippen molar-refractivity contribution in [2.75, 3.05) is 0 Å². The highest BCUT2D eigenvalue weighted by atomic mass is 79.9. The minimum Gasteiger partial charge on any atom is -0.423 e. The summed E-state index contributed by atoms with van der Waals surface area (Å²) in [4.78, 5) is 50.9. The molecule has 0 bridgehead atoms. The monoisotopic (exact) mass is 1300 g/mol. The SMILES string of the molecule is N#Cc1ccc(B(O)O)cc1.N#Cc1ncc(-c2ccc(Cl)nc2)cn1.N#Cc1ncc(Br)cn1.N=C(N)c1ccc(-c2ccc(-c3cnc(C(=N)N)nc3)cn2)cc1.OB(O)c1ccc(Cl)nc1.[C-]#[N+]c1ccc(-c2ccc(-c3cnc(C#N)nc3)cn2)cc1. The lowest BCUT2D eigenvalue weighted by Crippen LogP contribution is -2.29. The molecule has 0 radical (unpaired) electrons. The van der Waals surface area contributed by atoms with E-state index < -0.39 is 14.2 Å². The molecule has 0 amide bonds. The fraction of sp³-hybridized carbons (Fsp3) is 0. The molecule has 8 aromatic heterocycles. The number of nitrogen functional groups attached to an aromatic ring is 2. The highest BCUT2D eigenvalue weighted by Crippen LogP contribution is 2.25. The van der Waals surface area contributed by atoms with Crippen LogP contribution < -0.4 is 22.4 Å². The number of hydrogen-bond donors (Lipinski definition) is 8. The van der Waals surface area contributed by atoms with Crippen LogP contribution in [0.2, 0.25) is 10.3 Å². The molecule has 10 N–H and O–H groups in total. The molecule has 91 heavy (non-hydrogen) atoms. The van der Waals surface area contributed by atoms with E-state index in [-0.39, 0.29) is 35.0 Å². The lowest BCUT2D eigenvalue weighted by molar-refractivity contribution is 0.424. The Morgan fingerprint density at radius 3 is 1.12 bits per heavy atom. The maximum atomic E-state index is 8.69. The van der Waals surface area contributed by atoms with Gasteiger partial charge >= 0.3 is 14.2 Å². The van der Waals surface area contributed by atoms with Crippen LogP contribution in [0.4, 0.5) is 5.69 Å². The average molecular weight is 1310 g/mol. The van der Waals surface area contributed by atoms with Gasteiger partial charge in [-0.2, -0.15) is 21.0 Å². The average Bonchev–Trinajstić information content (AvgIpc) is 1.51. The second-order valence-electron chi connectivity index (χ2n) is 17.6. The number of nitrogens with one attached hydrogen (secondary N) is 2. The summed E-state index contributed by atoms with van der Waals surface area (Å²) in [6.07, 6.45) is 19.1. The fourth-order valence-electron chi connectivity index (χ4n) is 6.87. The van der Waals surface area contributed by atoms with Crippen molar-refractivity contribution in [3.05, 3.63) is 256 Å². The number of aromatic nitrogens is 12. The number of nitriles is 4. The van der Waals surface area contributed by atoms with Crippen LogP contribution >= 0.6 is 39.1 Å². The van der Waals surface area contributed by atoms with Crippen LogP contribution in [-0.4, -0.2) is 106 Å². The highest BCUT2D eigenvalue weighted by molar-refractivity contribution is 9.10. The van der Waals surface area contributed by atoms with Gasteiger partial charge in [-0.25, -0.2) is 54.7 Å². The Labute approximate surface area is 538 Å². The largest absolute Gasteiger partial charge is 0.490 e. The first-order valence-electron chi connectivity index (χ1n) is 25.7. The Hall–Kier alpha value is -12.0. The summed E-state index contributed by atoms with van der Waals surface area (Å²) in [7, 11) is -2.92. The van der Waals surface area contributed by atoms with E-state index in [0.29, 0.717) is 38.0 Å². The maximum Gasteiger partial charge on any atom is 0.490 e. The molecule has 11 rings (SSSR count). The molecule has 8 heterocycles. The summed E-state index contributed by atoms with van der Waals surface area (Å²) >= 11 is 14.2. The first-order valence-corrected chi connectivity index (χ1v) is 27.2. The third-order valence-corrected chi connectivity index (χ3v) is 12.4. The molecule has 11 aromatic rings. The van der Waals surface area contributed by atoms with Gasteiger partial charge in [0.1, 0.15) is 34.3 Å². The molecule has 30 heteroatoms. The summed E-state index contributed by atoms with van der Waals surface area (Å²) in [6, 6.07) is 42.4. The van der Waals surface area contributed by atoms with E-state index >= 15 is 0 Å². The number of rotatable bonds is 9. The molecular weight excluding hydrogens is 1260 g/mol. The third-order valence-electron chi connectivity index (χ3n) is 11.5. The van der Waals surface area contributed by atoms with Crippen LogP contribution in [0.25, 0.3) is 60.7 Å². The molecule has 0 atom stereocenters. The zero-order valence-corrected chi connectivity index (χ0v) is 49.9. The summed E-state index contributed by atoms with van der Waals surface area (Å²) in [5.74, 6) is 0.573. The molecule has 0 saturated heterocycles. The molecule has 442 valence electrons. The van der Waals surface area contributed by atoms with Crippen molar-refractivity contribution >= 4 is 81.7 Å². The predicted octanol–water partition coefficient (Wildman–Crippen LogP) is 7.23. The van der Waals surface area contributed by atoms with Gasteiger partial charge in [0.25, 0.3) is 0 Å². The van der Waals surface area contributed by atoms with Gasteiger partial charge in [0.05, 0.1) is 34.1 Å². The molecule has 0 unspecified atom stereocenters. The van der Waals surface area contributed by atoms with E-state index in [4.69, 9.17) is 93.2 Å². The molecular formula is C61H42B2BrCl2N21O4. The molecule has 0 aliphatic heterocycles. The van der Waals surface area contributed by atoms with Gasteiger partial charge in [0, 0.05) is 124 Å². The van der Waals surface area contributed by atoms with Crippen LogP contribution in [0.15, 0.2) is 200 Å². The quantitative estimate of drug-likeness (QED) is 0.0232. The number of pyridine rings is 4. The summed E-state index contributed by atoms with van der Waals surface area (Å²) in [5.41, 5.74) is 21.9. The van der Waals surface area contributed by atoms with Crippen LogP contribution in [0.3, 0.4) is 0 Å². The van der Waals surface area contributed by atoms with Crippen molar-refractivity contribution in [2.24, 2.45) is 11.5 Å². The zero-order chi connectivity index (χ0) is 65.7. The molecule has 0 aliphatic carbocycles. The van der Waals surface area contributed by atoms with E-state index in [9.17, 15) is 0 Å². The number of amidine groups is 2. The Morgan fingerprint density at radius 1 is 0.418 bits per heavy atom. The highest BCUT2D eigenvalue weighted by Gasteiger charge is 2.12. The Kier molecular flexibility index (Phi) is 26.2. The van der Waals surface area contributed by atoms with Gasteiger partial charge in [-0.05, 0) is 69.4 Å². The molecule has 0 spiro atoms. The van der Waals surface area contributed by atoms with E-state index in [1.54, 1.807) is 86.1 Å². The predicted molar refractivity (Wildman–Crippen MR) is 344 cm³/mol. The first kappa shape index (κ1) is 68.1. The van der Waals surface area contributed by atoms with Gasteiger partial charge in [-0.1, -0.05) is 102 Å². The molecule has 0 fully saturated rings. The number of hydrogen-bond acceptors (Lipinski definition) is 22. The second-order valence-corrected chi connectivity index (χ2v) is 19.3. The molecule has 0 aliphatic rings. The van der Waals surface area contributed by atoms with Crippen LogP contribution in [0.5, 0.6) is 0 Å². The van der Waals surface area contributed by atoms with Gasteiger partial charge in [-0.15, -0.1) is 0 Å². The lowest BCUT2D eigenvalue weighted by Gasteiger charge is -2.05. The summed E-state index contributed by atoms with van der Waals surface area (Å²) in [5, 5.41) is 83.8. The fourth-order valence-corrected chi connectivity index (χ4v) is 7.30. The lowest BCUT2D eigenvalue weighted by atomic mass is 9.80. The van der Waals surface area contributed by atoms with Crippen molar-refractivity contribution in [3.8, 4) is 80.2 Å². The normalized spacial score (nSPS) is 9.60. The van der Waals surface area contributed by atoms with Crippen molar-refractivity contribution in [1.29, 1.82) is 31.9 Å². The maximum absolute atomic E-state index is 8.69. The standard InChI is InChI=1S/C17H15N7.C17H9N5.C10H5ClN4.C7H6BNO2.C5H5BClNO2.C5H2BrN3/c18-15(19)11-3-1-10(2-4-11)14-6-5-12(7-22-14)13-8-23-17(16(20)21)24-9-13;1-19-15-5-2-12(3-6-15)16-7-4-13(9-20-16)14-10-21-17(8-18)22-11-14;11-9-2-1-7(4-13-9)8-5-14-10(3-12)15-6-8;9-5-6-1-3-7(4-2-6)8(10)11;7-5-2-1-4(3-8-5)6(9)10;6-4-2-8-5(1-7)9-3-4/h1-9H,(H3,18,19)(H3,20,21);2-7,9-11H;1-2,4-6H;1-4,10-11H;1-3,9-10H;2-3H. The molecule has 0 saturated carbocycles.